The molecule has 2 amide bonds. The number of hydrogen-bond donors (Lipinski definition) is 3. The third kappa shape index (κ3) is 9.42. The normalized spacial score (nSPS) is 14.6. The number of halogens is 4. The summed E-state index contributed by atoms with van der Waals surface area (Å²) in [6.45, 7) is 0.605. The van der Waals surface area contributed by atoms with Crippen molar-refractivity contribution in [3.05, 3.63) is 83.4 Å². The van der Waals surface area contributed by atoms with Crippen molar-refractivity contribution in [3.8, 4) is 16.9 Å². The second-order valence-electron chi connectivity index (χ2n) is 10.1. The van der Waals surface area contributed by atoms with Crippen molar-refractivity contribution in [2.24, 2.45) is 5.92 Å². The first-order chi connectivity index (χ1) is 19.7. The first kappa shape index (κ1) is 30.2. The van der Waals surface area contributed by atoms with Crippen LogP contribution in [0.4, 0.5) is 18.9 Å². The van der Waals surface area contributed by atoms with E-state index in [1.54, 1.807) is 24.3 Å². The van der Waals surface area contributed by atoms with Gasteiger partial charge in [-0.2, -0.15) is 0 Å². The van der Waals surface area contributed by atoms with E-state index in [9.17, 15) is 22.8 Å². The van der Waals surface area contributed by atoms with Crippen molar-refractivity contribution < 1.29 is 27.5 Å². The molecule has 10 heteroatoms. The maximum Gasteiger partial charge on any atom is 0.573 e. The molecule has 1 saturated carbocycles. The van der Waals surface area contributed by atoms with Crippen LogP contribution in [0.25, 0.3) is 11.1 Å². The fourth-order valence-electron chi connectivity index (χ4n) is 5.04. The van der Waals surface area contributed by atoms with E-state index in [1.807, 2.05) is 24.3 Å². The molecule has 0 aromatic heterocycles. The summed E-state index contributed by atoms with van der Waals surface area (Å²) in [5, 5.41) is 9.46. The molecular weight excluding hydrogens is 555 g/mol. The number of amides is 2. The average molecular weight is 588 g/mol. The number of anilines is 1. The number of rotatable bonds is 11. The Morgan fingerprint density at radius 3 is 2.37 bits per heavy atom. The van der Waals surface area contributed by atoms with Crippen molar-refractivity contribution in [1.82, 2.24) is 10.6 Å². The molecule has 218 valence electrons. The molecule has 3 N–H and O–H groups in total. The van der Waals surface area contributed by atoms with Gasteiger partial charge < -0.3 is 20.7 Å². The minimum Gasteiger partial charge on any atom is -0.406 e. The Kier molecular flexibility index (Phi) is 10.5. The summed E-state index contributed by atoms with van der Waals surface area (Å²) < 4.78 is 40.9. The van der Waals surface area contributed by atoms with Crippen LogP contribution in [0.2, 0.25) is 5.02 Å². The first-order valence-corrected chi connectivity index (χ1v) is 14.1. The lowest BCUT2D eigenvalue weighted by Crippen LogP contribution is -2.48. The van der Waals surface area contributed by atoms with Gasteiger partial charge in [0.15, 0.2) is 0 Å². The van der Waals surface area contributed by atoms with Gasteiger partial charge in [0.05, 0.1) is 0 Å². The molecule has 3 aromatic rings. The van der Waals surface area contributed by atoms with E-state index in [0.29, 0.717) is 35.2 Å². The molecule has 1 atom stereocenters. The molecule has 0 aliphatic heterocycles. The van der Waals surface area contributed by atoms with Gasteiger partial charge in [-0.25, -0.2) is 0 Å². The number of benzene rings is 3. The molecule has 1 aliphatic carbocycles. The van der Waals surface area contributed by atoms with Crippen LogP contribution in [-0.4, -0.2) is 37.3 Å². The van der Waals surface area contributed by atoms with Crippen molar-refractivity contribution in [3.63, 3.8) is 0 Å². The highest BCUT2D eigenvalue weighted by atomic mass is 35.5. The van der Waals surface area contributed by atoms with Crippen LogP contribution >= 0.6 is 11.6 Å². The van der Waals surface area contributed by atoms with Gasteiger partial charge in [0, 0.05) is 34.9 Å². The number of ether oxygens (including phenoxy) is 1. The van der Waals surface area contributed by atoms with Crippen LogP contribution in [0.5, 0.6) is 5.75 Å². The Morgan fingerprint density at radius 2 is 1.66 bits per heavy atom. The fourth-order valence-corrected chi connectivity index (χ4v) is 5.29. The smallest absolute Gasteiger partial charge is 0.406 e. The van der Waals surface area contributed by atoms with Crippen LogP contribution in [0.15, 0.2) is 72.8 Å². The van der Waals surface area contributed by atoms with Gasteiger partial charge in [-0.3, -0.25) is 9.59 Å². The van der Waals surface area contributed by atoms with E-state index in [1.165, 1.54) is 30.7 Å². The minimum atomic E-state index is -4.75. The first-order valence-electron chi connectivity index (χ1n) is 13.7. The fraction of sp³-hybridized carbons (Fsp3) is 0.355. The van der Waals surface area contributed by atoms with E-state index in [4.69, 9.17) is 11.6 Å². The molecule has 0 saturated heterocycles. The molecular formula is C31H33ClF3N3O3. The van der Waals surface area contributed by atoms with Gasteiger partial charge in [-0.15, -0.1) is 13.2 Å². The second kappa shape index (κ2) is 14.3. The van der Waals surface area contributed by atoms with Crippen molar-refractivity contribution in [2.45, 2.75) is 50.9 Å². The third-order valence-electron chi connectivity index (χ3n) is 7.07. The summed E-state index contributed by atoms with van der Waals surface area (Å²) in [5.74, 6) is -0.573. The van der Waals surface area contributed by atoms with Crippen molar-refractivity contribution in [2.75, 3.05) is 18.4 Å². The van der Waals surface area contributed by atoms with Gasteiger partial charge in [0.25, 0.3) is 5.91 Å². The van der Waals surface area contributed by atoms with Gasteiger partial charge in [-0.05, 0) is 60.4 Å². The van der Waals surface area contributed by atoms with Gasteiger partial charge >= 0.3 is 6.36 Å². The summed E-state index contributed by atoms with van der Waals surface area (Å²) >= 11 is 6.35. The van der Waals surface area contributed by atoms with E-state index in [2.05, 4.69) is 20.7 Å². The number of carbonyl (C=O) groups excluding carboxylic acids is 2. The number of nitrogens with one attached hydrogen (secondary N) is 3. The molecule has 41 heavy (non-hydrogen) atoms. The van der Waals surface area contributed by atoms with Crippen LogP contribution in [0.3, 0.4) is 0 Å². The van der Waals surface area contributed by atoms with E-state index in [0.717, 1.165) is 36.8 Å². The monoisotopic (exact) mass is 587 g/mol. The molecule has 1 fully saturated rings. The summed E-state index contributed by atoms with van der Waals surface area (Å²) in [4.78, 5) is 26.5. The molecule has 0 radical (unpaired) electrons. The van der Waals surface area contributed by atoms with Gasteiger partial charge in [-0.1, -0.05) is 74.0 Å². The third-order valence-corrected chi connectivity index (χ3v) is 7.40. The predicted molar refractivity (Wildman–Crippen MR) is 154 cm³/mol. The minimum absolute atomic E-state index is 0.263. The largest absolute Gasteiger partial charge is 0.573 e. The highest BCUT2D eigenvalue weighted by Gasteiger charge is 2.31. The highest BCUT2D eigenvalue weighted by Crippen LogP contribution is 2.29. The number of carbonyl (C=O) groups is 2. The quantitative estimate of drug-likeness (QED) is 0.207. The SMILES string of the molecule is O=C(N[C@@H](CC1CCCCC1)C(=O)NCCNc1ccc(OC(F)(F)F)cc1)c1cccc(-c2ccccc2Cl)c1. The van der Waals surface area contributed by atoms with Gasteiger partial charge in [0.2, 0.25) is 5.91 Å². The van der Waals surface area contributed by atoms with Crippen LogP contribution in [-0.2, 0) is 4.79 Å². The lowest BCUT2D eigenvalue weighted by Gasteiger charge is -2.27. The zero-order chi connectivity index (χ0) is 29.2. The van der Waals surface area contributed by atoms with Crippen LogP contribution < -0.4 is 20.7 Å². The maximum absolute atomic E-state index is 13.3. The van der Waals surface area contributed by atoms with E-state index < -0.39 is 12.4 Å². The van der Waals surface area contributed by atoms with Crippen molar-refractivity contribution in [1.29, 1.82) is 0 Å². The summed E-state index contributed by atoms with van der Waals surface area (Å²) in [5.41, 5.74) is 2.64. The topological polar surface area (TPSA) is 79.5 Å². The molecule has 0 spiro atoms. The van der Waals surface area contributed by atoms with Crippen LogP contribution in [0.1, 0.15) is 48.9 Å². The average Bonchev–Trinajstić information content (AvgIpc) is 2.96. The second-order valence-corrected chi connectivity index (χ2v) is 10.5. The van der Waals surface area contributed by atoms with Crippen molar-refractivity contribution >= 4 is 29.1 Å². The lowest BCUT2D eigenvalue weighted by atomic mass is 9.84. The van der Waals surface area contributed by atoms with Gasteiger partial charge in [0.1, 0.15) is 11.8 Å². The molecule has 0 unspecified atom stereocenters. The van der Waals surface area contributed by atoms with E-state index >= 15 is 0 Å². The molecule has 0 heterocycles. The molecule has 0 bridgehead atoms. The molecule has 1 aliphatic rings. The number of hydrogen-bond acceptors (Lipinski definition) is 4. The zero-order valence-electron chi connectivity index (χ0n) is 22.5. The van der Waals surface area contributed by atoms with Crippen LogP contribution in [0, 0.1) is 5.92 Å². The Balaban J connectivity index is 1.35. The Hall–Kier alpha value is -3.72. The number of alkyl halides is 3. The predicted octanol–water partition coefficient (Wildman–Crippen LogP) is 7.20. The zero-order valence-corrected chi connectivity index (χ0v) is 23.2. The summed E-state index contributed by atoms with van der Waals surface area (Å²) in [6.07, 6.45) is 1.27. The Labute approximate surface area is 242 Å². The highest BCUT2D eigenvalue weighted by molar-refractivity contribution is 6.33. The Bertz CT molecular complexity index is 1310. The summed E-state index contributed by atoms with van der Waals surface area (Å²) in [6, 6.07) is 19.2. The molecule has 4 rings (SSSR count). The standard InChI is InChI=1S/C31H33ClF3N3O3/c32-27-12-5-4-11-26(27)22-9-6-10-23(20-22)29(39)38-28(19-21-7-2-1-3-8-21)30(40)37-18-17-36-24-13-15-25(16-14-24)41-31(33,34)35/h4-6,9-16,20-21,28,36H,1-3,7-8,17-19H2,(H,37,40)(H,38,39)/t28-/m0/s1. The molecule has 6 nitrogen and oxygen atoms in total. The Morgan fingerprint density at radius 1 is 0.927 bits per heavy atom. The lowest BCUT2D eigenvalue weighted by molar-refractivity contribution is -0.274. The van der Waals surface area contributed by atoms with E-state index in [-0.39, 0.29) is 24.1 Å². The maximum atomic E-state index is 13.3. The summed E-state index contributed by atoms with van der Waals surface area (Å²) in [7, 11) is 0. The molecule has 3 aromatic carbocycles.